The Bertz CT molecular complexity index is 537. The summed E-state index contributed by atoms with van der Waals surface area (Å²) in [6.45, 7) is 3.77. The standard InChI is InChI=1S/C14H15N3/c1-2-17(11-5-9-15)14-8-10-16-13-7-4-3-6-12(13)14/h3-4,6-8,10H,2,5,11H2,1H3. The number of nitriles is 1. The van der Waals surface area contributed by atoms with Crippen LogP contribution in [0.5, 0.6) is 0 Å². The minimum atomic E-state index is 0.546. The van der Waals surface area contributed by atoms with Crippen LogP contribution in [0.2, 0.25) is 0 Å². The van der Waals surface area contributed by atoms with E-state index in [0.29, 0.717) is 6.42 Å². The van der Waals surface area contributed by atoms with Gasteiger partial charge in [-0.2, -0.15) is 5.26 Å². The topological polar surface area (TPSA) is 39.9 Å². The molecule has 0 aliphatic heterocycles. The lowest BCUT2D eigenvalue weighted by molar-refractivity contribution is 0.830. The SMILES string of the molecule is CCN(CCC#N)c1ccnc2ccccc12. The van der Waals surface area contributed by atoms with Gasteiger partial charge in [0.15, 0.2) is 0 Å². The number of para-hydroxylation sites is 1. The first-order valence-electron chi connectivity index (χ1n) is 5.82. The molecule has 3 nitrogen and oxygen atoms in total. The number of nitrogens with zero attached hydrogens (tertiary/aromatic N) is 3. The lowest BCUT2D eigenvalue weighted by Gasteiger charge is -2.23. The highest BCUT2D eigenvalue weighted by Crippen LogP contribution is 2.24. The lowest BCUT2D eigenvalue weighted by atomic mass is 10.1. The average Bonchev–Trinajstić information content (AvgIpc) is 2.40. The maximum Gasteiger partial charge on any atom is 0.0722 e. The minimum absolute atomic E-state index is 0.546. The van der Waals surface area contributed by atoms with Gasteiger partial charge in [0, 0.05) is 30.4 Å². The monoisotopic (exact) mass is 225 g/mol. The molecule has 86 valence electrons. The Morgan fingerprint density at radius 2 is 2.12 bits per heavy atom. The van der Waals surface area contributed by atoms with Crippen LogP contribution in [0.15, 0.2) is 36.5 Å². The Hall–Kier alpha value is -2.08. The summed E-state index contributed by atoms with van der Waals surface area (Å²) in [5, 5.41) is 9.83. The van der Waals surface area contributed by atoms with E-state index in [2.05, 4.69) is 28.9 Å². The molecule has 0 unspecified atom stereocenters. The first-order chi connectivity index (χ1) is 8.36. The fraction of sp³-hybridized carbons (Fsp3) is 0.286. The number of hydrogen-bond acceptors (Lipinski definition) is 3. The molecule has 17 heavy (non-hydrogen) atoms. The smallest absolute Gasteiger partial charge is 0.0722 e. The van der Waals surface area contributed by atoms with E-state index in [9.17, 15) is 0 Å². The van der Waals surface area contributed by atoms with E-state index in [-0.39, 0.29) is 0 Å². The van der Waals surface area contributed by atoms with E-state index in [0.717, 1.165) is 29.7 Å². The first kappa shape index (κ1) is 11.4. The van der Waals surface area contributed by atoms with Crippen LogP contribution in [0.25, 0.3) is 10.9 Å². The number of aromatic nitrogens is 1. The highest BCUT2D eigenvalue weighted by Gasteiger charge is 2.07. The summed E-state index contributed by atoms with van der Waals surface area (Å²) >= 11 is 0. The fourth-order valence-electron chi connectivity index (χ4n) is 1.99. The van der Waals surface area contributed by atoms with Gasteiger partial charge in [0.05, 0.1) is 18.0 Å². The van der Waals surface area contributed by atoms with Crippen LogP contribution in [0, 0.1) is 11.3 Å². The molecule has 3 heteroatoms. The van der Waals surface area contributed by atoms with E-state index in [1.807, 2.05) is 30.5 Å². The van der Waals surface area contributed by atoms with Crippen molar-refractivity contribution < 1.29 is 0 Å². The third-order valence-electron chi connectivity index (χ3n) is 2.84. The molecule has 0 N–H and O–H groups in total. The summed E-state index contributed by atoms with van der Waals surface area (Å²) in [6, 6.07) is 12.3. The molecule has 2 rings (SSSR count). The zero-order valence-electron chi connectivity index (χ0n) is 9.93. The Balaban J connectivity index is 2.43. The van der Waals surface area contributed by atoms with Crippen molar-refractivity contribution in [3.8, 4) is 6.07 Å². The third kappa shape index (κ3) is 2.36. The van der Waals surface area contributed by atoms with Gasteiger partial charge >= 0.3 is 0 Å². The van der Waals surface area contributed by atoms with Gasteiger partial charge in [0.25, 0.3) is 0 Å². The second-order valence-electron chi connectivity index (χ2n) is 3.84. The third-order valence-corrected chi connectivity index (χ3v) is 2.84. The average molecular weight is 225 g/mol. The van der Waals surface area contributed by atoms with Gasteiger partial charge in [-0.05, 0) is 19.1 Å². The number of fused-ring (bicyclic) bond motifs is 1. The molecule has 0 radical (unpaired) electrons. The highest BCUT2D eigenvalue weighted by molar-refractivity contribution is 5.91. The van der Waals surface area contributed by atoms with Gasteiger partial charge < -0.3 is 4.90 Å². The van der Waals surface area contributed by atoms with E-state index < -0.39 is 0 Å². The van der Waals surface area contributed by atoms with Crippen LogP contribution in [-0.4, -0.2) is 18.1 Å². The second kappa shape index (κ2) is 5.31. The number of anilines is 1. The summed E-state index contributed by atoms with van der Waals surface area (Å²) in [5.41, 5.74) is 2.16. The summed E-state index contributed by atoms with van der Waals surface area (Å²) < 4.78 is 0. The molecule has 0 aliphatic carbocycles. The Morgan fingerprint density at radius 3 is 2.88 bits per heavy atom. The fourth-order valence-corrected chi connectivity index (χ4v) is 1.99. The Labute approximate surface area is 101 Å². The maximum atomic E-state index is 8.68. The number of rotatable bonds is 4. The summed E-state index contributed by atoms with van der Waals surface area (Å²) in [5.74, 6) is 0. The maximum absolute atomic E-state index is 8.68. The molecule has 1 heterocycles. The molecule has 0 aliphatic rings. The van der Waals surface area contributed by atoms with Gasteiger partial charge in [-0.25, -0.2) is 0 Å². The quantitative estimate of drug-likeness (QED) is 0.803. The van der Waals surface area contributed by atoms with Crippen molar-refractivity contribution in [1.29, 1.82) is 5.26 Å². The number of benzene rings is 1. The normalized spacial score (nSPS) is 10.1. The molecule has 0 atom stereocenters. The molecule has 0 fully saturated rings. The lowest BCUT2D eigenvalue weighted by Crippen LogP contribution is -2.23. The number of pyridine rings is 1. The van der Waals surface area contributed by atoms with Crippen LogP contribution in [0.3, 0.4) is 0 Å². The molecular formula is C14H15N3. The first-order valence-corrected chi connectivity index (χ1v) is 5.82. The van der Waals surface area contributed by atoms with Crippen molar-refractivity contribution in [3.63, 3.8) is 0 Å². The molecule has 2 aromatic rings. The predicted molar refractivity (Wildman–Crippen MR) is 69.9 cm³/mol. The van der Waals surface area contributed by atoms with Crippen LogP contribution < -0.4 is 4.90 Å². The van der Waals surface area contributed by atoms with Gasteiger partial charge in [-0.15, -0.1) is 0 Å². The molecule has 0 saturated carbocycles. The van der Waals surface area contributed by atoms with E-state index in [1.54, 1.807) is 0 Å². The predicted octanol–water partition coefficient (Wildman–Crippen LogP) is 2.97. The zero-order chi connectivity index (χ0) is 12.1. The van der Waals surface area contributed by atoms with Crippen LogP contribution in [-0.2, 0) is 0 Å². The number of hydrogen-bond donors (Lipinski definition) is 0. The van der Waals surface area contributed by atoms with Crippen molar-refractivity contribution in [1.82, 2.24) is 4.98 Å². The molecule has 0 bridgehead atoms. The zero-order valence-corrected chi connectivity index (χ0v) is 9.93. The van der Waals surface area contributed by atoms with Crippen LogP contribution in [0.4, 0.5) is 5.69 Å². The van der Waals surface area contributed by atoms with Gasteiger partial charge in [-0.1, -0.05) is 18.2 Å². The molecule has 0 spiro atoms. The van der Waals surface area contributed by atoms with Crippen molar-refractivity contribution >= 4 is 16.6 Å². The van der Waals surface area contributed by atoms with Crippen molar-refractivity contribution in [2.45, 2.75) is 13.3 Å². The minimum Gasteiger partial charge on any atom is -0.370 e. The molecule has 1 aromatic heterocycles. The van der Waals surface area contributed by atoms with Crippen LogP contribution in [0.1, 0.15) is 13.3 Å². The largest absolute Gasteiger partial charge is 0.370 e. The van der Waals surface area contributed by atoms with E-state index >= 15 is 0 Å². The summed E-state index contributed by atoms with van der Waals surface area (Å²) in [4.78, 5) is 6.56. The van der Waals surface area contributed by atoms with E-state index in [4.69, 9.17) is 5.26 Å². The van der Waals surface area contributed by atoms with E-state index in [1.165, 1.54) is 0 Å². The molecule has 0 amide bonds. The van der Waals surface area contributed by atoms with Crippen molar-refractivity contribution in [2.24, 2.45) is 0 Å². The molecule has 0 saturated heterocycles. The highest BCUT2D eigenvalue weighted by atomic mass is 15.1. The summed E-state index contributed by atoms with van der Waals surface area (Å²) in [6.07, 6.45) is 2.37. The Morgan fingerprint density at radius 1 is 1.29 bits per heavy atom. The summed E-state index contributed by atoms with van der Waals surface area (Å²) in [7, 11) is 0. The second-order valence-corrected chi connectivity index (χ2v) is 3.84. The Kier molecular flexibility index (Phi) is 3.56. The van der Waals surface area contributed by atoms with Gasteiger partial charge in [0.1, 0.15) is 0 Å². The molecule has 1 aromatic carbocycles. The van der Waals surface area contributed by atoms with Gasteiger partial charge in [-0.3, -0.25) is 4.98 Å². The van der Waals surface area contributed by atoms with Crippen molar-refractivity contribution in [2.75, 3.05) is 18.0 Å². The molecular weight excluding hydrogens is 210 g/mol. The van der Waals surface area contributed by atoms with Gasteiger partial charge in [0.2, 0.25) is 0 Å². The van der Waals surface area contributed by atoms with Crippen LogP contribution >= 0.6 is 0 Å². The van der Waals surface area contributed by atoms with Crippen molar-refractivity contribution in [3.05, 3.63) is 36.5 Å².